The first-order chi connectivity index (χ1) is 9.45. The molecule has 1 heterocycles. The fourth-order valence-electron chi connectivity index (χ4n) is 1.48. The van der Waals surface area contributed by atoms with Crippen LogP contribution in [0.3, 0.4) is 0 Å². The molecule has 0 bridgehead atoms. The maximum absolute atomic E-state index is 11.8. The van der Waals surface area contributed by atoms with Crippen LogP contribution in [0.25, 0.3) is 6.08 Å². The first-order valence-electron chi connectivity index (χ1n) is 5.84. The number of thiazole rings is 1. The molecule has 0 radical (unpaired) electrons. The highest BCUT2D eigenvalue weighted by Gasteiger charge is 2.05. The van der Waals surface area contributed by atoms with Crippen LogP contribution in [0.1, 0.15) is 16.1 Å². The van der Waals surface area contributed by atoms with E-state index in [-0.39, 0.29) is 5.91 Å². The number of halogens is 2. The quantitative estimate of drug-likeness (QED) is 0.829. The van der Waals surface area contributed by atoms with Gasteiger partial charge in [0.15, 0.2) is 5.13 Å². The zero-order chi connectivity index (χ0) is 14.7. The molecule has 0 aliphatic heterocycles. The van der Waals surface area contributed by atoms with Gasteiger partial charge in [-0.3, -0.25) is 10.1 Å². The number of nitrogens with zero attached hydrogens (tertiary/aromatic N) is 1. The first-order valence-corrected chi connectivity index (χ1v) is 7.41. The van der Waals surface area contributed by atoms with Gasteiger partial charge in [0.05, 0.1) is 5.69 Å². The molecule has 1 aromatic carbocycles. The third-order valence-corrected chi connectivity index (χ3v) is 4.19. The minimum absolute atomic E-state index is 0.246. The Morgan fingerprint density at radius 1 is 1.35 bits per heavy atom. The summed E-state index contributed by atoms with van der Waals surface area (Å²) in [6.45, 7) is 3.87. The zero-order valence-corrected chi connectivity index (χ0v) is 13.2. The minimum Gasteiger partial charge on any atom is -0.298 e. The van der Waals surface area contributed by atoms with Crippen molar-refractivity contribution in [3.8, 4) is 0 Å². The van der Waals surface area contributed by atoms with Crippen LogP contribution < -0.4 is 5.32 Å². The predicted molar refractivity (Wildman–Crippen MR) is 85.7 cm³/mol. The molecule has 0 saturated carbocycles. The molecule has 3 nitrogen and oxygen atoms in total. The van der Waals surface area contributed by atoms with Gasteiger partial charge in [-0.15, -0.1) is 11.3 Å². The molecule has 104 valence electrons. The van der Waals surface area contributed by atoms with Gasteiger partial charge in [-0.05, 0) is 37.6 Å². The van der Waals surface area contributed by atoms with Gasteiger partial charge in [-0.2, -0.15) is 0 Å². The summed E-state index contributed by atoms with van der Waals surface area (Å²) in [6.07, 6.45) is 3.06. The molecule has 6 heteroatoms. The van der Waals surface area contributed by atoms with Crippen LogP contribution in [0.5, 0.6) is 0 Å². The Balaban J connectivity index is 2.05. The molecule has 20 heavy (non-hydrogen) atoms. The van der Waals surface area contributed by atoms with Gasteiger partial charge in [0, 0.05) is 21.0 Å². The Morgan fingerprint density at radius 2 is 2.10 bits per heavy atom. The topological polar surface area (TPSA) is 42.0 Å². The normalized spacial score (nSPS) is 11.0. The molecule has 2 rings (SSSR count). The minimum atomic E-state index is -0.246. The average Bonchev–Trinajstić information content (AvgIpc) is 2.67. The van der Waals surface area contributed by atoms with Crippen molar-refractivity contribution in [3.63, 3.8) is 0 Å². The van der Waals surface area contributed by atoms with E-state index < -0.39 is 0 Å². The van der Waals surface area contributed by atoms with E-state index in [2.05, 4.69) is 10.3 Å². The van der Waals surface area contributed by atoms with Crippen molar-refractivity contribution in [2.45, 2.75) is 13.8 Å². The standard InChI is InChI=1S/C14H12Cl2N2OS/c1-8-9(2)20-14(17-8)18-13(19)6-4-10-3-5-11(15)7-12(10)16/h3-7H,1-2H3,(H,17,18,19)/b6-4+. The van der Waals surface area contributed by atoms with Crippen molar-refractivity contribution < 1.29 is 4.79 Å². The maximum atomic E-state index is 11.8. The van der Waals surface area contributed by atoms with Gasteiger partial charge in [-0.1, -0.05) is 29.3 Å². The zero-order valence-electron chi connectivity index (χ0n) is 10.9. The third kappa shape index (κ3) is 3.82. The number of aromatic nitrogens is 1. The lowest BCUT2D eigenvalue weighted by atomic mass is 10.2. The van der Waals surface area contributed by atoms with E-state index in [1.807, 2.05) is 13.8 Å². The van der Waals surface area contributed by atoms with Gasteiger partial charge >= 0.3 is 0 Å². The summed E-state index contributed by atoms with van der Waals surface area (Å²) in [5.41, 5.74) is 1.66. The molecule has 0 spiro atoms. The molecule has 1 amide bonds. The number of amides is 1. The van der Waals surface area contributed by atoms with Gasteiger partial charge in [-0.25, -0.2) is 4.98 Å². The van der Waals surface area contributed by atoms with E-state index in [4.69, 9.17) is 23.2 Å². The molecule has 1 N–H and O–H groups in total. The number of carbonyl (C=O) groups excluding carboxylic acids is 1. The summed E-state index contributed by atoms with van der Waals surface area (Å²) in [5, 5.41) is 4.37. The van der Waals surface area contributed by atoms with E-state index in [0.29, 0.717) is 15.2 Å². The van der Waals surface area contributed by atoms with Crippen LogP contribution in [-0.2, 0) is 4.79 Å². The Hall–Kier alpha value is -1.36. The lowest BCUT2D eigenvalue weighted by Gasteiger charge is -1.99. The van der Waals surface area contributed by atoms with Crippen LogP contribution in [0.2, 0.25) is 10.0 Å². The van der Waals surface area contributed by atoms with Crippen LogP contribution in [0, 0.1) is 13.8 Å². The number of aryl methyl sites for hydroxylation is 2. The smallest absolute Gasteiger partial charge is 0.250 e. The second kappa shape index (κ2) is 6.39. The number of rotatable bonds is 3. The number of carbonyl (C=O) groups is 1. The highest BCUT2D eigenvalue weighted by Crippen LogP contribution is 2.23. The molecule has 0 aliphatic rings. The Labute approximate surface area is 131 Å². The van der Waals surface area contributed by atoms with Crippen molar-refractivity contribution in [2.24, 2.45) is 0 Å². The second-order valence-corrected chi connectivity index (χ2v) is 6.20. The molecule has 2 aromatic rings. The summed E-state index contributed by atoms with van der Waals surface area (Å²) < 4.78 is 0. The fraction of sp³-hybridized carbons (Fsp3) is 0.143. The lowest BCUT2D eigenvalue weighted by molar-refractivity contribution is -0.111. The molecular weight excluding hydrogens is 315 g/mol. The van der Waals surface area contributed by atoms with E-state index in [1.54, 1.807) is 24.3 Å². The third-order valence-electron chi connectivity index (χ3n) is 2.64. The summed E-state index contributed by atoms with van der Waals surface area (Å²) in [6, 6.07) is 5.11. The second-order valence-electron chi connectivity index (χ2n) is 4.15. The molecule has 0 atom stereocenters. The molecule has 0 saturated heterocycles. The van der Waals surface area contributed by atoms with E-state index in [1.165, 1.54) is 17.4 Å². The molecule has 1 aromatic heterocycles. The SMILES string of the molecule is Cc1nc(NC(=O)/C=C/c2ccc(Cl)cc2Cl)sc1C. The van der Waals surface area contributed by atoms with Crippen LogP contribution >= 0.6 is 34.5 Å². The highest BCUT2D eigenvalue weighted by atomic mass is 35.5. The highest BCUT2D eigenvalue weighted by molar-refractivity contribution is 7.15. The van der Waals surface area contributed by atoms with E-state index in [0.717, 1.165) is 16.1 Å². The predicted octanol–water partition coefficient (Wildman–Crippen LogP) is 4.72. The van der Waals surface area contributed by atoms with Crippen molar-refractivity contribution in [1.29, 1.82) is 0 Å². The Bertz CT molecular complexity index is 660. The number of nitrogens with one attached hydrogen (secondary N) is 1. The van der Waals surface area contributed by atoms with Crippen molar-refractivity contribution in [1.82, 2.24) is 4.98 Å². The van der Waals surface area contributed by atoms with Gasteiger partial charge < -0.3 is 0 Å². The number of hydrogen-bond acceptors (Lipinski definition) is 3. The first kappa shape index (κ1) is 15.0. The Morgan fingerprint density at radius 3 is 2.70 bits per heavy atom. The van der Waals surface area contributed by atoms with Crippen LogP contribution in [-0.4, -0.2) is 10.9 Å². The Kier molecular flexibility index (Phi) is 4.81. The molecule has 0 aliphatic carbocycles. The number of anilines is 1. The maximum Gasteiger partial charge on any atom is 0.250 e. The van der Waals surface area contributed by atoms with Crippen LogP contribution in [0.4, 0.5) is 5.13 Å². The molecule has 0 fully saturated rings. The van der Waals surface area contributed by atoms with Crippen LogP contribution in [0.15, 0.2) is 24.3 Å². The number of hydrogen-bond donors (Lipinski definition) is 1. The molecule has 0 unspecified atom stereocenters. The summed E-state index contributed by atoms with van der Waals surface area (Å²) in [5.74, 6) is -0.246. The lowest BCUT2D eigenvalue weighted by Crippen LogP contribution is -2.07. The van der Waals surface area contributed by atoms with Crippen molar-refractivity contribution in [3.05, 3.63) is 50.5 Å². The fourth-order valence-corrected chi connectivity index (χ4v) is 2.76. The molecular formula is C14H12Cl2N2OS. The largest absolute Gasteiger partial charge is 0.298 e. The number of benzene rings is 1. The summed E-state index contributed by atoms with van der Waals surface area (Å²) >= 11 is 13.3. The average molecular weight is 327 g/mol. The van der Waals surface area contributed by atoms with Crippen molar-refractivity contribution >= 4 is 51.7 Å². The summed E-state index contributed by atoms with van der Waals surface area (Å²) in [7, 11) is 0. The van der Waals surface area contributed by atoms with Gasteiger partial charge in [0.25, 0.3) is 0 Å². The van der Waals surface area contributed by atoms with E-state index in [9.17, 15) is 4.79 Å². The van der Waals surface area contributed by atoms with Gasteiger partial charge in [0.2, 0.25) is 5.91 Å². The van der Waals surface area contributed by atoms with E-state index >= 15 is 0 Å². The summed E-state index contributed by atoms with van der Waals surface area (Å²) in [4.78, 5) is 17.1. The van der Waals surface area contributed by atoms with Crippen molar-refractivity contribution in [2.75, 3.05) is 5.32 Å². The van der Waals surface area contributed by atoms with Gasteiger partial charge in [0.1, 0.15) is 0 Å². The monoisotopic (exact) mass is 326 g/mol.